The SMILES string of the molecule is CCCCN(CCC)C(=O)NCc1ccc(C)cc1. The van der Waals surface area contributed by atoms with Crippen LogP contribution < -0.4 is 5.32 Å². The molecule has 1 aromatic rings. The molecule has 0 saturated carbocycles. The Kier molecular flexibility index (Phi) is 7.01. The third-order valence-corrected chi connectivity index (χ3v) is 3.13. The molecule has 2 amide bonds. The van der Waals surface area contributed by atoms with Crippen molar-refractivity contribution < 1.29 is 4.79 Å². The highest BCUT2D eigenvalue weighted by atomic mass is 16.2. The van der Waals surface area contributed by atoms with Gasteiger partial charge >= 0.3 is 6.03 Å². The lowest BCUT2D eigenvalue weighted by molar-refractivity contribution is 0.196. The Balaban J connectivity index is 2.44. The fourth-order valence-corrected chi connectivity index (χ4v) is 1.93. The zero-order chi connectivity index (χ0) is 14.1. The van der Waals surface area contributed by atoms with Crippen LogP contribution in [0, 0.1) is 6.92 Å². The summed E-state index contributed by atoms with van der Waals surface area (Å²) < 4.78 is 0. The van der Waals surface area contributed by atoms with Gasteiger partial charge in [0.15, 0.2) is 0 Å². The lowest BCUT2D eigenvalue weighted by Crippen LogP contribution is -2.40. The monoisotopic (exact) mass is 262 g/mol. The predicted octanol–water partition coefficient (Wildman–Crippen LogP) is 3.72. The first kappa shape index (κ1) is 15.5. The zero-order valence-electron chi connectivity index (χ0n) is 12.4. The second kappa shape index (κ2) is 8.57. The summed E-state index contributed by atoms with van der Waals surface area (Å²) >= 11 is 0. The second-order valence-corrected chi connectivity index (χ2v) is 4.98. The third kappa shape index (κ3) is 5.77. The summed E-state index contributed by atoms with van der Waals surface area (Å²) in [7, 11) is 0. The number of unbranched alkanes of at least 4 members (excludes halogenated alkanes) is 1. The number of benzene rings is 1. The molecule has 0 unspecified atom stereocenters. The molecule has 19 heavy (non-hydrogen) atoms. The molecule has 0 bridgehead atoms. The van der Waals surface area contributed by atoms with E-state index in [-0.39, 0.29) is 6.03 Å². The molecule has 3 nitrogen and oxygen atoms in total. The van der Waals surface area contributed by atoms with Crippen LogP contribution in [-0.2, 0) is 6.54 Å². The van der Waals surface area contributed by atoms with Gasteiger partial charge in [-0.05, 0) is 25.3 Å². The van der Waals surface area contributed by atoms with Gasteiger partial charge in [0.05, 0.1) is 0 Å². The highest BCUT2D eigenvalue weighted by Crippen LogP contribution is 2.03. The van der Waals surface area contributed by atoms with Crippen molar-refractivity contribution in [1.29, 1.82) is 0 Å². The summed E-state index contributed by atoms with van der Waals surface area (Å²) in [5, 5.41) is 3.00. The minimum Gasteiger partial charge on any atom is -0.334 e. The van der Waals surface area contributed by atoms with E-state index in [1.54, 1.807) is 0 Å². The van der Waals surface area contributed by atoms with Crippen LogP contribution in [0.5, 0.6) is 0 Å². The summed E-state index contributed by atoms with van der Waals surface area (Å²) in [6, 6.07) is 8.32. The van der Waals surface area contributed by atoms with Gasteiger partial charge in [0, 0.05) is 19.6 Å². The average Bonchev–Trinajstić information content (AvgIpc) is 2.42. The Labute approximate surface area is 117 Å². The first-order chi connectivity index (χ1) is 9.17. The van der Waals surface area contributed by atoms with E-state index in [4.69, 9.17) is 0 Å². The molecule has 0 radical (unpaired) electrons. The van der Waals surface area contributed by atoms with Gasteiger partial charge in [-0.15, -0.1) is 0 Å². The fourth-order valence-electron chi connectivity index (χ4n) is 1.93. The molecule has 0 atom stereocenters. The Bertz CT molecular complexity index is 373. The van der Waals surface area contributed by atoms with Gasteiger partial charge in [-0.2, -0.15) is 0 Å². The maximum Gasteiger partial charge on any atom is 0.317 e. The van der Waals surface area contributed by atoms with Crippen molar-refractivity contribution in [3.8, 4) is 0 Å². The van der Waals surface area contributed by atoms with Crippen LogP contribution in [0.15, 0.2) is 24.3 Å². The maximum absolute atomic E-state index is 12.1. The lowest BCUT2D eigenvalue weighted by Gasteiger charge is -2.22. The molecule has 0 saturated heterocycles. The number of amides is 2. The molecule has 0 aliphatic carbocycles. The first-order valence-corrected chi connectivity index (χ1v) is 7.25. The molecule has 1 N–H and O–H groups in total. The maximum atomic E-state index is 12.1. The third-order valence-electron chi connectivity index (χ3n) is 3.13. The Morgan fingerprint density at radius 2 is 1.79 bits per heavy atom. The molecule has 106 valence electrons. The molecule has 0 spiro atoms. The minimum atomic E-state index is 0.0517. The van der Waals surface area contributed by atoms with E-state index in [2.05, 4.69) is 50.4 Å². The molecule has 0 aromatic heterocycles. The van der Waals surface area contributed by atoms with Crippen molar-refractivity contribution in [1.82, 2.24) is 10.2 Å². The normalized spacial score (nSPS) is 10.3. The summed E-state index contributed by atoms with van der Waals surface area (Å²) in [6.45, 7) is 8.60. The number of urea groups is 1. The number of aryl methyl sites for hydroxylation is 1. The van der Waals surface area contributed by atoms with Crippen molar-refractivity contribution in [2.24, 2.45) is 0 Å². The molecular formula is C16H26N2O. The quantitative estimate of drug-likeness (QED) is 0.798. The van der Waals surface area contributed by atoms with E-state index < -0.39 is 0 Å². The molecule has 0 heterocycles. The molecule has 0 aliphatic heterocycles. The summed E-state index contributed by atoms with van der Waals surface area (Å²) in [4.78, 5) is 14.0. The second-order valence-electron chi connectivity index (χ2n) is 4.98. The van der Waals surface area contributed by atoms with Gasteiger partial charge in [0.2, 0.25) is 0 Å². The van der Waals surface area contributed by atoms with Gasteiger partial charge in [-0.25, -0.2) is 4.79 Å². The zero-order valence-corrected chi connectivity index (χ0v) is 12.4. The van der Waals surface area contributed by atoms with E-state index in [1.807, 2.05) is 4.90 Å². The van der Waals surface area contributed by atoms with Crippen LogP contribution in [0.2, 0.25) is 0 Å². The molecule has 3 heteroatoms. The molecule has 1 rings (SSSR count). The van der Waals surface area contributed by atoms with Gasteiger partial charge in [0.25, 0.3) is 0 Å². The van der Waals surface area contributed by atoms with Crippen LogP contribution in [0.25, 0.3) is 0 Å². The number of nitrogens with zero attached hydrogens (tertiary/aromatic N) is 1. The minimum absolute atomic E-state index is 0.0517. The topological polar surface area (TPSA) is 32.3 Å². The van der Waals surface area contributed by atoms with E-state index >= 15 is 0 Å². The number of rotatable bonds is 7. The van der Waals surface area contributed by atoms with Crippen LogP contribution in [0.4, 0.5) is 4.79 Å². The highest BCUT2D eigenvalue weighted by Gasteiger charge is 2.10. The Hall–Kier alpha value is -1.51. The first-order valence-electron chi connectivity index (χ1n) is 7.25. The molecule has 0 aliphatic rings. The predicted molar refractivity (Wildman–Crippen MR) is 80.2 cm³/mol. The summed E-state index contributed by atoms with van der Waals surface area (Å²) in [6.07, 6.45) is 3.19. The highest BCUT2D eigenvalue weighted by molar-refractivity contribution is 5.74. The van der Waals surface area contributed by atoms with Crippen molar-refractivity contribution >= 4 is 6.03 Å². The van der Waals surface area contributed by atoms with Crippen molar-refractivity contribution in [3.63, 3.8) is 0 Å². The Morgan fingerprint density at radius 1 is 1.11 bits per heavy atom. The van der Waals surface area contributed by atoms with Crippen LogP contribution in [0.3, 0.4) is 0 Å². The molecule has 1 aromatic carbocycles. The van der Waals surface area contributed by atoms with E-state index in [0.29, 0.717) is 6.54 Å². The van der Waals surface area contributed by atoms with Crippen LogP contribution in [-0.4, -0.2) is 24.0 Å². The Morgan fingerprint density at radius 3 is 2.37 bits per heavy atom. The number of hydrogen-bond acceptors (Lipinski definition) is 1. The summed E-state index contributed by atoms with van der Waals surface area (Å²) in [5.41, 5.74) is 2.39. The van der Waals surface area contributed by atoms with Gasteiger partial charge in [-0.3, -0.25) is 0 Å². The number of nitrogens with one attached hydrogen (secondary N) is 1. The van der Waals surface area contributed by atoms with Gasteiger partial charge in [-0.1, -0.05) is 50.1 Å². The molecular weight excluding hydrogens is 236 g/mol. The molecule has 0 fully saturated rings. The van der Waals surface area contributed by atoms with Crippen molar-refractivity contribution in [3.05, 3.63) is 35.4 Å². The average molecular weight is 262 g/mol. The van der Waals surface area contributed by atoms with E-state index in [0.717, 1.165) is 37.9 Å². The van der Waals surface area contributed by atoms with Gasteiger partial charge < -0.3 is 10.2 Å². The lowest BCUT2D eigenvalue weighted by atomic mass is 10.1. The standard InChI is InChI=1S/C16H26N2O/c1-4-6-12-18(11-5-2)16(19)17-13-15-9-7-14(3)8-10-15/h7-10H,4-6,11-13H2,1-3H3,(H,17,19). The fraction of sp³-hybridized carbons (Fsp3) is 0.562. The van der Waals surface area contributed by atoms with Crippen molar-refractivity contribution in [2.45, 2.75) is 46.6 Å². The van der Waals surface area contributed by atoms with Gasteiger partial charge in [0.1, 0.15) is 0 Å². The smallest absolute Gasteiger partial charge is 0.317 e. The van der Waals surface area contributed by atoms with Crippen LogP contribution in [0.1, 0.15) is 44.2 Å². The van der Waals surface area contributed by atoms with Crippen LogP contribution >= 0.6 is 0 Å². The largest absolute Gasteiger partial charge is 0.334 e. The summed E-state index contributed by atoms with van der Waals surface area (Å²) in [5.74, 6) is 0. The number of hydrogen-bond donors (Lipinski definition) is 1. The number of carbonyl (C=O) groups excluding carboxylic acids is 1. The van der Waals surface area contributed by atoms with E-state index in [9.17, 15) is 4.79 Å². The van der Waals surface area contributed by atoms with E-state index in [1.165, 1.54) is 5.56 Å². The van der Waals surface area contributed by atoms with Crippen molar-refractivity contribution in [2.75, 3.05) is 13.1 Å². The number of carbonyl (C=O) groups is 1.